The summed E-state index contributed by atoms with van der Waals surface area (Å²) >= 11 is 6.48. The molecule has 1 aliphatic carbocycles. The van der Waals surface area contributed by atoms with Crippen molar-refractivity contribution in [3.8, 4) is 17.2 Å². The lowest BCUT2D eigenvalue weighted by Crippen LogP contribution is -2.42. The van der Waals surface area contributed by atoms with Gasteiger partial charge in [0.25, 0.3) is 0 Å². The molecule has 19 heavy (non-hydrogen) atoms. The van der Waals surface area contributed by atoms with Crippen LogP contribution in [0.2, 0.25) is 5.02 Å². The molecular weight excluding hydrogens is 266 g/mol. The Morgan fingerprint density at radius 1 is 1.16 bits per heavy atom. The summed E-state index contributed by atoms with van der Waals surface area (Å²) in [7, 11) is 4.81. The highest BCUT2D eigenvalue weighted by Crippen LogP contribution is 2.54. The second-order valence-corrected chi connectivity index (χ2v) is 5.22. The lowest BCUT2D eigenvalue weighted by molar-refractivity contribution is 0.239. The SMILES string of the molecule is COc1cc(OC)c(OC)c(C2(CN)CCC2)c1Cl. The highest BCUT2D eigenvalue weighted by Gasteiger charge is 2.43. The van der Waals surface area contributed by atoms with Crippen LogP contribution in [-0.2, 0) is 5.41 Å². The van der Waals surface area contributed by atoms with Crippen molar-refractivity contribution >= 4 is 11.6 Å². The number of halogens is 1. The van der Waals surface area contributed by atoms with E-state index < -0.39 is 0 Å². The van der Waals surface area contributed by atoms with Crippen LogP contribution in [0.5, 0.6) is 17.2 Å². The van der Waals surface area contributed by atoms with Crippen LogP contribution in [-0.4, -0.2) is 27.9 Å². The summed E-state index contributed by atoms with van der Waals surface area (Å²) < 4.78 is 16.2. The van der Waals surface area contributed by atoms with Crippen molar-refractivity contribution in [1.29, 1.82) is 0 Å². The zero-order chi connectivity index (χ0) is 14.0. The number of rotatable bonds is 5. The molecule has 0 aliphatic heterocycles. The van der Waals surface area contributed by atoms with Crippen LogP contribution < -0.4 is 19.9 Å². The molecule has 0 atom stereocenters. The molecule has 1 aliphatic rings. The van der Waals surface area contributed by atoms with E-state index in [9.17, 15) is 0 Å². The summed E-state index contributed by atoms with van der Waals surface area (Å²) in [5.41, 5.74) is 6.78. The van der Waals surface area contributed by atoms with E-state index in [1.54, 1.807) is 27.4 Å². The summed E-state index contributed by atoms with van der Waals surface area (Å²) in [5, 5.41) is 0.574. The zero-order valence-corrected chi connectivity index (χ0v) is 12.3. The van der Waals surface area contributed by atoms with Crippen molar-refractivity contribution < 1.29 is 14.2 Å². The molecule has 0 aromatic heterocycles. The molecule has 1 saturated carbocycles. The van der Waals surface area contributed by atoms with E-state index in [1.165, 1.54) is 0 Å². The fourth-order valence-electron chi connectivity index (χ4n) is 2.73. The maximum absolute atomic E-state index is 6.48. The average molecular weight is 286 g/mol. The summed E-state index contributed by atoms with van der Waals surface area (Å²) in [5.74, 6) is 1.88. The molecule has 0 heterocycles. The zero-order valence-electron chi connectivity index (χ0n) is 11.6. The topological polar surface area (TPSA) is 53.7 Å². The van der Waals surface area contributed by atoms with Gasteiger partial charge in [0.2, 0.25) is 0 Å². The molecule has 106 valence electrons. The Labute approximate surface area is 118 Å². The van der Waals surface area contributed by atoms with Gasteiger partial charge in [0.1, 0.15) is 5.75 Å². The van der Waals surface area contributed by atoms with Crippen LogP contribution in [0.25, 0.3) is 0 Å². The van der Waals surface area contributed by atoms with Crippen LogP contribution in [0.15, 0.2) is 6.07 Å². The van der Waals surface area contributed by atoms with E-state index in [0.717, 1.165) is 24.8 Å². The molecule has 0 amide bonds. The number of ether oxygens (including phenoxy) is 3. The van der Waals surface area contributed by atoms with Crippen molar-refractivity contribution in [2.45, 2.75) is 24.7 Å². The average Bonchev–Trinajstić information content (AvgIpc) is 2.39. The van der Waals surface area contributed by atoms with Crippen molar-refractivity contribution in [3.05, 3.63) is 16.7 Å². The largest absolute Gasteiger partial charge is 0.495 e. The van der Waals surface area contributed by atoms with E-state index in [2.05, 4.69) is 0 Å². The molecule has 2 rings (SSSR count). The van der Waals surface area contributed by atoms with Crippen molar-refractivity contribution in [2.24, 2.45) is 5.73 Å². The molecule has 1 fully saturated rings. The van der Waals surface area contributed by atoms with Crippen LogP contribution >= 0.6 is 11.6 Å². The fourth-order valence-corrected chi connectivity index (χ4v) is 3.15. The molecule has 0 unspecified atom stereocenters. The van der Waals surface area contributed by atoms with Gasteiger partial charge < -0.3 is 19.9 Å². The van der Waals surface area contributed by atoms with E-state index in [1.807, 2.05) is 0 Å². The molecule has 0 saturated heterocycles. The molecule has 1 aromatic carbocycles. The van der Waals surface area contributed by atoms with Crippen molar-refractivity contribution in [3.63, 3.8) is 0 Å². The Hall–Kier alpha value is -1.13. The highest BCUT2D eigenvalue weighted by molar-refractivity contribution is 6.33. The lowest BCUT2D eigenvalue weighted by atomic mass is 9.64. The third-order valence-corrected chi connectivity index (χ3v) is 4.40. The number of methoxy groups -OCH3 is 3. The predicted octanol–water partition coefficient (Wildman–Crippen LogP) is 2.75. The number of nitrogens with two attached hydrogens (primary N) is 1. The molecule has 1 aromatic rings. The molecule has 0 spiro atoms. The van der Waals surface area contributed by atoms with Gasteiger partial charge in [-0.15, -0.1) is 0 Å². The van der Waals surface area contributed by atoms with E-state index in [4.69, 9.17) is 31.5 Å². The Morgan fingerprint density at radius 2 is 1.79 bits per heavy atom. The summed E-state index contributed by atoms with van der Waals surface area (Å²) in [4.78, 5) is 0. The van der Waals surface area contributed by atoms with Gasteiger partial charge in [0.05, 0.1) is 26.4 Å². The number of hydrogen-bond donors (Lipinski definition) is 1. The van der Waals surface area contributed by atoms with Crippen molar-refractivity contribution in [2.75, 3.05) is 27.9 Å². The smallest absolute Gasteiger partial charge is 0.166 e. The van der Waals surface area contributed by atoms with E-state index >= 15 is 0 Å². The molecular formula is C14H20ClNO3. The number of benzene rings is 1. The maximum Gasteiger partial charge on any atom is 0.166 e. The molecule has 0 radical (unpaired) electrons. The van der Waals surface area contributed by atoms with Gasteiger partial charge in [-0.2, -0.15) is 0 Å². The number of hydrogen-bond acceptors (Lipinski definition) is 4. The van der Waals surface area contributed by atoms with Gasteiger partial charge in [-0.05, 0) is 12.8 Å². The molecule has 4 nitrogen and oxygen atoms in total. The van der Waals surface area contributed by atoms with Crippen LogP contribution in [0.1, 0.15) is 24.8 Å². The van der Waals surface area contributed by atoms with Crippen LogP contribution in [0, 0.1) is 0 Å². The standard InChI is InChI=1S/C14H20ClNO3/c1-17-9-7-10(18-2)13(19-3)11(12(9)15)14(8-16)5-4-6-14/h7H,4-6,8,16H2,1-3H3. The first kappa shape index (κ1) is 14.3. The lowest BCUT2D eigenvalue weighted by Gasteiger charge is -2.43. The second-order valence-electron chi connectivity index (χ2n) is 4.84. The predicted molar refractivity (Wildman–Crippen MR) is 75.7 cm³/mol. The Bertz CT molecular complexity index is 467. The first-order chi connectivity index (χ1) is 9.13. The molecule has 5 heteroatoms. The third-order valence-electron chi connectivity index (χ3n) is 4.02. The van der Waals surface area contributed by atoms with Crippen molar-refractivity contribution in [1.82, 2.24) is 0 Å². The van der Waals surface area contributed by atoms with Gasteiger partial charge in [-0.1, -0.05) is 18.0 Å². The summed E-state index contributed by atoms with van der Waals surface area (Å²) in [6, 6.07) is 1.74. The quantitative estimate of drug-likeness (QED) is 0.904. The third kappa shape index (κ3) is 2.13. The van der Waals surface area contributed by atoms with E-state index in [-0.39, 0.29) is 5.41 Å². The van der Waals surface area contributed by atoms with E-state index in [0.29, 0.717) is 28.8 Å². The van der Waals surface area contributed by atoms with Gasteiger partial charge in [-0.3, -0.25) is 0 Å². The maximum atomic E-state index is 6.48. The van der Waals surface area contributed by atoms with Crippen LogP contribution in [0.3, 0.4) is 0 Å². The Balaban J connectivity index is 2.68. The van der Waals surface area contributed by atoms with Gasteiger partial charge in [0, 0.05) is 23.6 Å². The summed E-state index contributed by atoms with van der Waals surface area (Å²) in [6.07, 6.45) is 3.17. The van der Waals surface area contributed by atoms with Crippen LogP contribution in [0.4, 0.5) is 0 Å². The monoisotopic (exact) mass is 285 g/mol. The Morgan fingerprint density at radius 3 is 2.16 bits per heavy atom. The minimum absolute atomic E-state index is 0.121. The fraction of sp³-hybridized carbons (Fsp3) is 0.571. The minimum Gasteiger partial charge on any atom is -0.495 e. The highest BCUT2D eigenvalue weighted by atomic mass is 35.5. The molecule has 0 bridgehead atoms. The normalized spacial score (nSPS) is 16.7. The van der Waals surface area contributed by atoms with Gasteiger partial charge in [0.15, 0.2) is 11.5 Å². The Kier molecular flexibility index (Phi) is 4.11. The first-order valence-corrected chi connectivity index (χ1v) is 6.70. The minimum atomic E-state index is -0.121. The summed E-state index contributed by atoms with van der Waals surface area (Å²) in [6.45, 7) is 0.541. The van der Waals surface area contributed by atoms with Gasteiger partial charge in [-0.25, -0.2) is 0 Å². The first-order valence-electron chi connectivity index (χ1n) is 6.32. The van der Waals surface area contributed by atoms with Gasteiger partial charge >= 0.3 is 0 Å². The second kappa shape index (κ2) is 5.47. The molecule has 2 N–H and O–H groups in total.